The molecule has 1 aromatic heterocycles. The largest absolute Gasteiger partial charge is 0.468 e. The molecule has 0 aliphatic heterocycles. The molecule has 0 saturated carbocycles. The Morgan fingerprint density at radius 1 is 1.26 bits per heavy atom. The summed E-state index contributed by atoms with van der Waals surface area (Å²) in [5, 5.41) is 0. The van der Waals surface area contributed by atoms with Gasteiger partial charge >= 0.3 is 0 Å². The molecule has 102 valence electrons. The Morgan fingerprint density at radius 3 is 2.58 bits per heavy atom. The van der Waals surface area contributed by atoms with Gasteiger partial charge in [0.15, 0.2) is 0 Å². The number of benzene rings is 1. The van der Waals surface area contributed by atoms with Gasteiger partial charge in [-0.25, -0.2) is 0 Å². The number of nitrogens with two attached hydrogens (primary N) is 1. The predicted molar refractivity (Wildman–Crippen MR) is 80.7 cm³/mol. The fourth-order valence-corrected chi connectivity index (χ4v) is 2.90. The molecule has 2 aromatic rings. The third-order valence-corrected chi connectivity index (χ3v) is 3.90. The van der Waals surface area contributed by atoms with Crippen molar-refractivity contribution in [2.75, 3.05) is 7.05 Å². The van der Waals surface area contributed by atoms with Crippen LogP contribution in [0.1, 0.15) is 24.3 Å². The highest BCUT2D eigenvalue weighted by molar-refractivity contribution is 9.10. The van der Waals surface area contributed by atoms with Crippen LogP contribution in [0, 0.1) is 0 Å². The molecule has 4 heteroatoms. The summed E-state index contributed by atoms with van der Waals surface area (Å²) in [7, 11) is 2.07. The van der Waals surface area contributed by atoms with Crippen LogP contribution in [0.25, 0.3) is 0 Å². The number of nitrogens with zero attached hydrogens (tertiary/aromatic N) is 1. The van der Waals surface area contributed by atoms with E-state index in [1.807, 2.05) is 37.3 Å². The second kappa shape index (κ2) is 6.37. The molecule has 1 aromatic carbocycles. The van der Waals surface area contributed by atoms with Gasteiger partial charge in [0, 0.05) is 10.5 Å². The molecule has 19 heavy (non-hydrogen) atoms. The zero-order chi connectivity index (χ0) is 13.8. The zero-order valence-corrected chi connectivity index (χ0v) is 12.8. The van der Waals surface area contributed by atoms with Gasteiger partial charge in [-0.15, -0.1) is 0 Å². The number of likely N-dealkylation sites (N-methyl/N-ethyl adjacent to an activating group) is 1. The normalized spacial score (nSPS) is 14.6. The van der Waals surface area contributed by atoms with Crippen LogP contribution in [0.4, 0.5) is 0 Å². The van der Waals surface area contributed by atoms with Crippen LogP contribution in [0.5, 0.6) is 0 Å². The summed E-state index contributed by atoms with van der Waals surface area (Å²) >= 11 is 3.61. The number of hydrogen-bond acceptors (Lipinski definition) is 3. The molecule has 1 heterocycles. The Hall–Kier alpha value is -1.10. The summed E-state index contributed by atoms with van der Waals surface area (Å²) in [5.74, 6) is 0.945. The lowest BCUT2D eigenvalue weighted by Crippen LogP contribution is -2.37. The molecular weight excluding hydrogens is 304 g/mol. The first-order valence-electron chi connectivity index (χ1n) is 6.32. The van der Waals surface area contributed by atoms with Gasteiger partial charge in [0.1, 0.15) is 5.76 Å². The minimum atomic E-state index is 0.0265. The predicted octanol–water partition coefficient (Wildman–Crippen LogP) is 3.56. The first-order chi connectivity index (χ1) is 9.09. The molecule has 0 amide bonds. The van der Waals surface area contributed by atoms with Crippen molar-refractivity contribution < 1.29 is 4.42 Å². The van der Waals surface area contributed by atoms with E-state index < -0.39 is 0 Å². The van der Waals surface area contributed by atoms with Crippen molar-refractivity contribution in [2.45, 2.75) is 25.6 Å². The van der Waals surface area contributed by atoms with E-state index >= 15 is 0 Å². The minimum absolute atomic E-state index is 0.0265. The molecule has 0 aliphatic rings. The summed E-state index contributed by atoms with van der Waals surface area (Å²) in [5.41, 5.74) is 7.37. The van der Waals surface area contributed by atoms with Crippen molar-refractivity contribution in [3.63, 3.8) is 0 Å². The highest BCUT2D eigenvalue weighted by Crippen LogP contribution is 2.29. The minimum Gasteiger partial charge on any atom is -0.468 e. The Morgan fingerprint density at radius 2 is 2.00 bits per heavy atom. The lowest BCUT2D eigenvalue weighted by Gasteiger charge is -2.31. The number of furan rings is 1. The second-order valence-corrected chi connectivity index (χ2v) is 5.67. The summed E-state index contributed by atoms with van der Waals surface area (Å²) in [6.07, 6.45) is 1.70. The molecule has 0 bridgehead atoms. The molecule has 2 atom stereocenters. The molecule has 0 radical (unpaired) electrons. The van der Waals surface area contributed by atoms with E-state index in [4.69, 9.17) is 10.2 Å². The van der Waals surface area contributed by atoms with Crippen molar-refractivity contribution in [1.82, 2.24) is 4.90 Å². The van der Waals surface area contributed by atoms with Gasteiger partial charge in [0.25, 0.3) is 0 Å². The van der Waals surface area contributed by atoms with E-state index in [2.05, 4.69) is 33.9 Å². The van der Waals surface area contributed by atoms with Gasteiger partial charge in [-0.2, -0.15) is 0 Å². The fourth-order valence-electron chi connectivity index (χ4n) is 2.38. The molecule has 2 rings (SSSR count). The molecular formula is C15H19BrN2O. The molecule has 2 unspecified atom stereocenters. The number of hydrogen-bond donors (Lipinski definition) is 1. The van der Waals surface area contributed by atoms with Gasteiger partial charge in [-0.1, -0.05) is 34.1 Å². The van der Waals surface area contributed by atoms with Gasteiger partial charge in [-0.05, 0) is 37.7 Å². The fraction of sp³-hybridized carbons (Fsp3) is 0.333. The van der Waals surface area contributed by atoms with Crippen LogP contribution in [0.3, 0.4) is 0 Å². The van der Waals surface area contributed by atoms with Crippen molar-refractivity contribution in [3.8, 4) is 0 Å². The van der Waals surface area contributed by atoms with Crippen LogP contribution >= 0.6 is 15.9 Å². The number of rotatable bonds is 5. The summed E-state index contributed by atoms with van der Waals surface area (Å²) in [6, 6.07) is 12.3. The third-order valence-electron chi connectivity index (χ3n) is 3.18. The van der Waals surface area contributed by atoms with Crippen molar-refractivity contribution >= 4 is 15.9 Å². The molecule has 0 saturated heterocycles. The SMILES string of the molecule is CC(N)C(c1ccccc1Br)N(C)Cc1ccco1. The van der Waals surface area contributed by atoms with Crippen LogP contribution < -0.4 is 5.73 Å². The van der Waals surface area contributed by atoms with Crippen LogP contribution in [-0.4, -0.2) is 18.0 Å². The molecule has 0 spiro atoms. The van der Waals surface area contributed by atoms with Gasteiger partial charge in [-0.3, -0.25) is 4.90 Å². The standard InChI is InChI=1S/C15H19BrN2O/c1-11(17)15(13-7-3-4-8-14(13)16)18(2)10-12-6-5-9-19-12/h3-9,11,15H,10,17H2,1-2H3. The van der Waals surface area contributed by atoms with E-state index in [-0.39, 0.29) is 12.1 Å². The third kappa shape index (κ3) is 3.47. The van der Waals surface area contributed by atoms with Crippen LogP contribution in [-0.2, 0) is 6.54 Å². The van der Waals surface area contributed by atoms with Crippen molar-refractivity contribution in [1.29, 1.82) is 0 Å². The molecule has 2 N–H and O–H groups in total. The Balaban J connectivity index is 2.23. The first kappa shape index (κ1) is 14.3. The molecule has 0 aliphatic carbocycles. The lowest BCUT2D eigenvalue weighted by atomic mass is 9.99. The van der Waals surface area contributed by atoms with E-state index in [1.54, 1.807) is 6.26 Å². The Labute approximate surface area is 122 Å². The molecule has 3 nitrogen and oxygen atoms in total. The average molecular weight is 323 g/mol. The van der Waals surface area contributed by atoms with Crippen molar-refractivity contribution in [3.05, 3.63) is 58.5 Å². The summed E-state index contributed by atoms with van der Waals surface area (Å²) in [6.45, 7) is 2.77. The highest BCUT2D eigenvalue weighted by atomic mass is 79.9. The average Bonchev–Trinajstić information content (AvgIpc) is 2.84. The highest BCUT2D eigenvalue weighted by Gasteiger charge is 2.23. The van der Waals surface area contributed by atoms with Gasteiger partial charge in [0.2, 0.25) is 0 Å². The van der Waals surface area contributed by atoms with E-state index in [9.17, 15) is 0 Å². The maximum absolute atomic E-state index is 6.17. The van der Waals surface area contributed by atoms with Crippen molar-refractivity contribution in [2.24, 2.45) is 5.73 Å². The van der Waals surface area contributed by atoms with E-state index in [0.29, 0.717) is 0 Å². The zero-order valence-electron chi connectivity index (χ0n) is 11.2. The second-order valence-electron chi connectivity index (χ2n) is 4.82. The monoisotopic (exact) mass is 322 g/mol. The van der Waals surface area contributed by atoms with Crippen LogP contribution in [0.2, 0.25) is 0 Å². The van der Waals surface area contributed by atoms with E-state index in [1.165, 1.54) is 5.56 Å². The first-order valence-corrected chi connectivity index (χ1v) is 7.11. The van der Waals surface area contributed by atoms with E-state index in [0.717, 1.165) is 16.8 Å². The summed E-state index contributed by atoms with van der Waals surface area (Å²) in [4.78, 5) is 2.21. The lowest BCUT2D eigenvalue weighted by molar-refractivity contribution is 0.195. The van der Waals surface area contributed by atoms with Gasteiger partial charge < -0.3 is 10.2 Å². The maximum atomic E-state index is 6.17. The number of halogens is 1. The quantitative estimate of drug-likeness (QED) is 0.915. The Bertz CT molecular complexity index is 511. The van der Waals surface area contributed by atoms with Gasteiger partial charge in [0.05, 0.1) is 18.8 Å². The smallest absolute Gasteiger partial charge is 0.117 e. The summed E-state index contributed by atoms with van der Waals surface area (Å²) < 4.78 is 6.49. The van der Waals surface area contributed by atoms with Crippen LogP contribution in [0.15, 0.2) is 51.6 Å². The Kier molecular flexibility index (Phi) is 4.80. The molecule has 0 fully saturated rings. The topological polar surface area (TPSA) is 42.4 Å². The maximum Gasteiger partial charge on any atom is 0.117 e.